The van der Waals surface area contributed by atoms with Crippen LogP contribution in [0.3, 0.4) is 0 Å². The molecular weight excluding hydrogens is 429 g/mol. The van der Waals surface area contributed by atoms with Gasteiger partial charge in [-0.1, -0.05) is 30.7 Å². The molecule has 1 aromatic carbocycles. The first-order valence-corrected chi connectivity index (χ1v) is 11.6. The molecule has 1 fully saturated rings. The number of piperazine rings is 1. The Balaban J connectivity index is 1.50. The highest BCUT2D eigenvalue weighted by molar-refractivity contribution is 6.30. The third kappa shape index (κ3) is 4.74. The first kappa shape index (κ1) is 22.9. The van der Waals surface area contributed by atoms with Gasteiger partial charge in [-0.3, -0.25) is 4.79 Å². The molecule has 0 saturated carbocycles. The van der Waals surface area contributed by atoms with Crippen molar-refractivity contribution in [2.24, 2.45) is 5.73 Å². The van der Waals surface area contributed by atoms with Gasteiger partial charge in [-0.15, -0.1) is 0 Å². The molecule has 0 spiro atoms. The highest BCUT2D eigenvalue weighted by atomic mass is 35.5. The van der Waals surface area contributed by atoms with Crippen molar-refractivity contribution in [3.63, 3.8) is 0 Å². The van der Waals surface area contributed by atoms with Crippen molar-refractivity contribution in [2.75, 3.05) is 31.1 Å². The number of hydrogen-bond acceptors (Lipinski definition) is 5. The van der Waals surface area contributed by atoms with Gasteiger partial charge in [0.1, 0.15) is 18.3 Å². The standard InChI is InChI=1S/C24H31ClFN5O/c1-15-12-19(26)21-20(15)22(29-14-28-21)30-8-10-31(11-9-30)23(32)18(13-24(2,3)27)16-4-6-17(25)7-5-16/h4-7,14-15,18-19H,8-13,27H2,1-3H3/t15-,18-,19-/m1/s1. The highest BCUT2D eigenvalue weighted by Crippen LogP contribution is 2.44. The topological polar surface area (TPSA) is 75.4 Å². The molecule has 1 aliphatic heterocycles. The second-order valence-corrected chi connectivity index (χ2v) is 10.1. The number of hydrogen-bond donors (Lipinski definition) is 1. The third-order valence-corrected chi connectivity index (χ3v) is 6.69. The monoisotopic (exact) mass is 459 g/mol. The van der Waals surface area contributed by atoms with E-state index in [0.717, 1.165) is 16.9 Å². The number of rotatable bonds is 5. The minimum absolute atomic E-state index is 0.0793. The van der Waals surface area contributed by atoms with Crippen molar-refractivity contribution in [2.45, 2.75) is 57.2 Å². The summed E-state index contributed by atoms with van der Waals surface area (Å²) < 4.78 is 14.3. The maximum atomic E-state index is 14.3. The van der Waals surface area contributed by atoms with Gasteiger partial charge in [-0.25, -0.2) is 14.4 Å². The third-order valence-electron chi connectivity index (χ3n) is 6.44. The van der Waals surface area contributed by atoms with E-state index in [-0.39, 0.29) is 17.7 Å². The Bertz CT molecular complexity index is 969. The first-order chi connectivity index (χ1) is 15.1. The van der Waals surface area contributed by atoms with Crippen LogP contribution < -0.4 is 10.6 Å². The van der Waals surface area contributed by atoms with E-state index in [4.69, 9.17) is 17.3 Å². The molecule has 1 amide bonds. The van der Waals surface area contributed by atoms with Gasteiger partial charge >= 0.3 is 0 Å². The summed E-state index contributed by atoms with van der Waals surface area (Å²) >= 11 is 6.05. The number of amides is 1. The number of aromatic nitrogens is 2. The molecule has 2 aromatic rings. The van der Waals surface area contributed by atoms with Crippen LogP contribution in [0.25, 0.3) is 0 Å². The zero-order chi connectivity index (χ0) is 23.0. The van der Waals surface area contributed by atoms with Gasteiger partial charge in [-0.05, 0) is 50.3 Å². The zero-order valence-electron chi connectivity index (χ0n) is 18.9. The molecule has 172 valence electrons. The number of halogens is 2. The molecule has 32 heavy (non-hydrogen) atoms. The first-order valence-electron chi connectivity index (χ1n) is 11.2. The Morgan fingerprint density at radius 1 is 1.22 bits per heavy atom. The number of benzene rings is 1. The quantitative estimate of drug-likeness (QED) is 0.724. The van der Waals surface area contributed by atoms with Crippen molar-refractivity contribution in [3.8, 4) is 0 Å². The highest BCUT2D eigenvalue weighted by Gasteiger charge is 2.36. The van der Waals surface area contributed by atoms with Gasteiger partial charge in [0.2, 0.25) is 5.91 Å². The molecule has 3 atom stereocenters. The van der Waals surface area contributed by atoms with Crippen LogP contribution in [-0.2, 0) is 4.79 Å². The fourth-order valence-corrected chi connectivity index (χ4v) is 4.97. The van der Waals surface area contributed by atoms with E-state index in [2.05, 4.69) is 14.9 Å². The van der Waals surface area contributed by atoms with Crippen molar-refractivity contribution in [1.82, 2.24) is 14.9 Å². The van der Waals surface area contributed by atoms with E-state index in [1.54, 1.807) is 0 Å². The van der Waals surface area contributed by atoms with Gasteiger partial charge < -0.3 is 15.5 Å². The summed E-state index contributed by atoms with van der Waals surface area (Å²) in [5.41, 5.74) is 8.18. The van der Waals surface area contributed by atoms with Gasteiger partial charge in [0.05, 0.1) is 11.6 Å². The van der Waals surface area contributed by atoms with Gasteiger partial charge in [0, 0.05) is 42.3 Å². The number of carbonyl (C=O) groups excluding carboxylic acids is 1. The van der Waals surface area contributed by atoms with Crippen LogP contribution in [0.5, 0.6) is 0 Å². The molecule has 2 aliphatic rings. The van der Waals surface area contributed by atoms with E-state index in [1.165, 1.54) is 6.33 Å². The number of nitrogens with zero attached hydrogens (tertiary/aromatic N) is 4. The van der Waals surface area contributed by atoms with Crippen LogP contribution in [0.15, 0.2) is 30.6 Å². The van der Waals surface area contributed by atoms with Gasteiger partial charge in [-0.2, -0.15) is 0 Å². The molecule has 0 unspecified atom stereocenters. The second kappa shape index (κ2) is 8.94. The zero-order valence-corrected chi connectivity index (χ0v) is 19.6. The Kier molecular flexibility index (Phi) is 6.41. The average Bonchev–Trinajstić information content (AvgIpc) is 3.05. The Labute approximate surface area is 194 Å². The lowest BCUT2D eigenvalue weighted by molar-refractivity contribution is -0.133. The molecule has 0 bridgehead atoms. The lowest BCUT2D eigenvalue weighted by Crippen LogP contribution is -2.51. The molecule has 4 rings (SSSR count). The summed E-state index contributed by atoms with van der Waals surface area (Å²) in [6.07, 6.45) is 1.43. The Morgan fingerprint density at radius 2 is 1.88 bits per heavy atom. The summed E-state index contributed by atoms with van der Waals surface area (Å²) in [6.45, 7) is 8.37. The predicted octanol–water partition coefficient (Wildman–Crippen LogP) is 4.21. The summed E-state index contributed by atoms with van der Waals surface area (Å²) in [7, 11) is 0. The lowest BCUT2D eigenvalue weighted by atomic mass is 9.85. The molecule has 0 radical (unpaired) electrons. The molecule has 8 heteroatoms. The van der Waals surface area contributed by atoms with E-state index in [9.17, 15) is 9.18 Å². The van der Waals surface area contributed by atoms with E-state index < -0.39 is 11.7 Å². The Morgan fingerprint density at radius 3 is 2.50 bits per heavy atom. The number of anilines is 1. The molecular formula is C24H31ClFN5O. The van der Waals surface area contributed by atoms with E-state index in [0.29, 0.717) is 49.7 Å². The van der Waals surface area contributed by atoms with Crippen LogP contribution in [0.1, 0.15) is 68.4 Å². The molecule has 6 nitrogen and oxygen atoms in total. The minimum atomic E-state index is -1.02. The normalized spacial score (nSPS) is 22.1. The molecule has 1 aliphatic carbocycles. The van der Waals surface area contributed by atoms with Crippen molar-refractivity contribution in [1.29, 1.82) is 0 Å². The predicted molar refractivity (Wildman–Crippen MR) is 125 cm³/mol. The van der Waals surface area contributed by atoms with Crippen LogP contribution in [0.2, 0.25) is 5.02 Å². The number of nitrogens with two attached hydrogens (primary N) is 1. The maximum Gasteiger partial charge on any atom is 0.230 e. The number of fused-ring (bicyclic) bond motifs is 1. The molecule has 1 saturated heterocycles. The van der Waals surface area contributed by atoms with Crippen molar-refractivity contribution >= 4 is 23.3 Å². The Hall–Kier alpha value is -2.25. The number of carbonyl (C=O) groups is 1. The molecule has 2 N–H and O–H groups in total. The second-order valence-electron chi connectivity index (χ2n) is 9.71. The van der Waals surface area contributed by atoms with Crippen molar-refractivity contribution in [3.05, 3.63) is 52.4 Å². The largest absolute Gasteiger partial charge is 0.353 e. The fraction of sp³-hybridized carbons (Fsp3) is 0.542. The SMILES string of the molecule is C[C@@H]1C[C@@H](F)c2ncnc(N3CCN(C(=O)[C@H](CC(C)(C)N)c4ccc(Cl)cc4)CC3)c21. The summed E-state index contributed by atoms with van der Waals surface area (Å²) in [4.78, 5) is 26.3. The van der Waals surface area contributed by atoms with Gasteiger partial charge in [0.25, 0.3) is 0 Å². The van der Waals surface area contributed by atoms with Crippen LogP contribution in [0, 0.1) is 0 Å². The number of alkyl halides is 1. The smallest absolute Gasteiger partial charge is 0.230 e. The van der Waals surface area contributed by atoms with E-state index >= 15 is 0 Å². The summed E-state index contributed by atoms with van der Waals surface area (Å²) in [5.74, 6) is 0.661. The average molecular weight is 460 g/mol. The van der Waals surface area contributed by atoms with Crippen LogP contribution in [-0.4, -0.2) is 52.5 Å². The van der Waals surface area contributed by atoms with Crippen LogP contribution >= 0.6 is 11.6 Å². The summed E-state index contributed by atoms with van der Waals surface area (Å²) in [5, 5.41) is 0.641. The fourth-order valence-electron chi connectivity index (χ4n) is 4.84. The lowest BCUT2D eigenvalue weighted by Gasteiger charge is -2.38. The maximum absolute atomic E-state index is 14.3. The minimum Gasteiger partial charge on any atom is -0.353 e. The summed E-state index contributed by atoms with van der Waals surface area (Å²) in [6, 6.07) is 7.44. The molecule has 2 heterocycles. The van der Waals surface area contributed by atoms with Gasteiger partial charge in [0.15, 0.2) is 0 Å². The van der Waals surface area contributed by atoms with E-state index in [1.807, 2.05) is 49.9 Å². The van der Waals surface area contributed by atoms with Crippen LogP contribution in [0.4, 0.5) is 10.2 Å². The van der Waals surface area contributed by atoms with Crippen molar-refractivity contribution < 1.29 is 9.18 Å². The molecule has 1 aromatic heterocycles.